The van der Waals surface area contributed by atoms with Crippen molar-refractivity contribution in [3.63, 3.8) is 0 Å². The number of carbonyl (C=O) groups is 2. The average Bonchev–Trinajstić information content (AvgIpc) is 2.93. The predicted molar refractivity (Wildman–Crippen MR) is 80.1 cm³/mol. The molecule has 0 saturated heterocycles. The molecule has 21 heavy (non-hydrogen) atoms. The highest BCUT2D eigenvalue weighted by Crippen LogP contribution is 2.22. The number of carboxylic acid groups (broad SMARTS) is 1. The number of para-hydroxylation sites is 1. The molecule has 4 nitrogen and oxygen atoms in total. The number of carbonyl (C=O) groups excluding carboxylic acids is 1. The van der Waals surface area contributed by atoms with Crippen molar-refractivity contribution in [3.05, 3.63) is 58.0 Å². The van der Waals surface area contributed by atoms with E-state index in [4.69, 9.17) is 5.11 Å². The molecule has 0 saturated carbocycles. The zero-order valence-electron chi connectivity index (χ0n) is 11.1. The van der Waals surface area contributed by atoms with E-state index >= 15 is 0 Å². The number of aliphatic carboxylic acids is 1. The van der Waals surface area contributed by atoms with E-state index in [1.54, 1.807) is 23.6 Å². The first-order valence-corrected chi connectivity index (χ1v) is 6.89. The fraction of sp³-hybridized carbons (Fsp3) is 0.0667. The van der Waals surface area contributed by atoms with Crippen molar-refractivity contribution >= 4 is 35.0 Å². The number of hydrogen-bond acceptors (Lipinski definition) is 3. The summed E-state index contributed by atoms with van der Waals surface area (Å²) in [4.78, 5) is 24.6. The first-order valence-electron chi connectivity index (χ1n) is 6.01. The monoisotopic (exact) mass is 305 g/mol. The first kappa shape index (κ1) is 14.9. The maximum atomic E-state index is 13.7. The van der Waals surface area contributed by atoms with Gasteiger partial charge in [-0.15, -0.1) is 11.3 Å². The smallest absolute Gasteiger partial charge is 0.328 e. The molecule has 1 N–H and O–H groups in total. The Labute approximate surface area is 124 Å². The average molecular weight is 305 g/mol. The van der Waals surface area contributed by atoms with Crippen LogP contribution in [0.1, 0.15) is 15.2 Å². The van der Waals surface area contributed by atoms with Crippen molar-refractivity contribution in [2.45, 2.75) is 0 Å². The standard InChI is InChI=1S/C15H12FNO3S/c1-17(13-5-3-2-4-12(13)16)15(20)10-8-11(21-9-10)6-7-14(18)19/h2-9H,1H3,(H,18,19). The number of benzene rings is 1. The first-order chi connectivity index (χ1) is 9.99. The van der Waals surface area contributed by atoms with Gasteiger partial charge in [0.1, 0.15) is 5.82 Å². The van der Waals surface area contributed by atoms with Crippen LogP contribution in [0.15, 0.2) is 41.8 Å². The molecule has 0 aliphatic heterocycles. The normalized spacial score (nSPS) is 10.8. The van der Waals surface area contributed by atoms with Crippen molar-refractivity contribution in [1.82, 2.24) is 0 Å². The lowest BCUT2D eigenvalue weighted by atomic mass is 10.2. The highest BCUT2D eigenvalue weighted by Gasteiger charge is 2.17. The number of halogens is 1. The Morgan fingerprint density at radius 2 is 2.05 bits per heavy atom. The molecule has 6 heteroatoms. The van der Waals surface area contributed by atoms with E-state index in [0.717, 1.165) is 6.08 Å². The topological polar surface area (TPSA) is 57.6 Å². The fourth-order valence-electron chi connectivity index (χ4n) is 1.73. The molecular formula is C15H12FNO3S. The Bertz CT molecular complexity index is 708. The van der Waals surface area contributed by atoms with Gasteiger partial charge in [-0.2, -0.15) is 0 Å². The molecule has 1 aromatic heterocycles. The third kappa shape index (κ3) is 3.55. The molecule has 2 rings (SSSR count). The second-order valence-electron chi connectivity index (χ2n) is 4.22. The number of anilines is 1. The van der Waals surface area contributed by atoms with Gasteiger partial charge in [-0.05, 0) is 24.3 Å². The molecular weight excluding hydrogens is 293 g/mol. The summed E-state index contributed by atoms with van der Waals surface area (Å²) in [6.07, 6.45) is 2.41. The van der Waals surface area contributed by atoms with Crippen molar-refractivity contribution in [3.8, 4) is 0 Å². The van der Waals surface area contributed by atoms with Crippen LogP contribution in [-0.2, 0) is 4.79 Å². The molecule has 0 fully saturated rings. The van der Waals surface area contributed by atoms with Gasteiger partial charge in [0.05, 0.1) is 11.3 Å². The summed E-state index contributed by atoms with van der Waals surface area (Å²) in [6.45, 7) is 0. The third-order valence-corrected chi connectivity index (χ3v) is 3.67. The molecule has 2 aromatic rings. The summed E-state index contributed by atoms with van der Waals surface area (Å²) in [7, 11) is 1.49. The number of nitrogens with zero attached hydrogens (tertiary/aromatic N) is 1. The molecule has 1 aromatic carbocycles. The molecule has 0 aliphatic rings. The molecule has 1 amide bonds. The van der Waals surface area contributed by atoms with E-state index in [9.17, 15) is 14.0 Å². The van der Waals surface area contributed by atoms with Crippen molar-refractivity contribution in [2.24, 2.45) is 0 Å². The lowest BCUT2D eigenvalue weighted by Gasteiger charge is -2.17. The van der Waals surface area contributed by atoms with Gasteiger partial charge in [-0.25, -0.2) is 9.18 Å². The van der Waals surface area contributed by atoms with Crippen LogP contribution >= 0.6 is 11.3 Å². The molecule has 0 aliphatic carbocycles. The van der Waals surface area contributed by atoms with Crippen LogP contribution in [0.5, 0.6) is 0 Å². The van der Waals surface area contributed by atoms with Crippen LogP contribution in [0.25, 0.3) is 6.08 Å². The van der Waals surface area contributed by atoms with Crippen LogP contribution in [0.4, 0.5) is 10.1 Å². The van der Waals surface area contributed by atoms with Gasteiger partial charge in [0, 0.05) is 23.4 Å². The zero-order valence-corrected chi connectivity index (χ0v) is 11.9. The number of thiophene rings is 1. The zero-order chi connectivity index (χ0) is 15.4. The Kier molecular flexibility index (Phi) is 4.49. The molecule has 1 heterocycles. The summed E-state index contributed by atoms with van der Waals surface area (Å²) in [6, 6.07) is 7.58. The third-order valence-electron chi connectivity index (χ3n) is 2.78. The van der Waals surface area contributed by atoms with E-state index in [-0.39, 0.29) is 11.6 Å². The fourth-order valence-corrected chi connectivity index (χ4v) is 2.51. The summed E-state index contributed by atoms with van der Waals surface area (Å²) in [5.74, 6) is -1.89. The van der Waals surface area contributed by atoms with Gasteiger partial charge < -0.3 is 10.0 Å². The molecule has 0 bridgehead atoms. The highest BCUT2D eigenvalue weighted by molar-refractivity contribution is 7.11. The molecule has 0 unspecified atom stereocenters. The van der Waals surface area contributed by atoms with Gasteiger partial charge in [0.25, 0.3) is 5.91 Å². The summed E-state index contributed by atoms with van der Waals surface area (Å²) in [5.41, 5.74) is 0.576. The van der Waals surface area contributed by atoms with Gasteiger partial charge >= 0.3 is 5.97 Å². The van der Waals surface area contributed by atoms with Crippen LogP contribution in [0, 0.1) is 5.82 Å². The molecule has 0 atom stereocenters. The second-order valence-corrected chi connectivity index (χ2v) is 5.17. The molecule has 108 valence electrons. The van der Waals surface area contributed by atoms with Crippen LogP contribution < -0.4 is 4.90 Å². The van der Waals surface area contributed by atoms with Crippen LogP contribution in [0.3, 0.4) is 0 Å². The van der Waals surface area contributed by atoms with E-state index in [1.165, 1.54) is 41.5 Å². The minimum atomic E-state index is -1.06. The lowest BCUT2D eigenvalue weighted by molar-refractivity contribution is -0.131. The highest BCUT2D eigenvalue weighted by atomic mass is 32.1. The number of amides is 1. The van der Waals surface area contributed by atoms with Gasteiger partial charge in [-0.1, -0.05) is 12.1 Å². The number of carboxylic acids is 1. The Hall–Kier alpha value is -2.47. The molecule has 0 radical (unpaired) electrons. The van der Waals surface area contributed by atoms with Crippen molar-refractivity contribution in [2.75, 3.05) is 11.9 Å². The van der Waals surface area contributed by atoms with Gasteiger partial charge in [0.2, 0.25) is 0 Å². The number of hydrogen-bond donors (Lipinski definition) is 1. The van der Waals surface area contributed by atoms with Crippen LogP contribution in [-0.4, -0.2) is 24.0 Å². The molecule has 0 spiro atoms. The Morgan fingerprint density at radius 3 is 2.71 bits per heavy atom. The maximum Gasteiger partial charge on any atom is 0.328 e. The van der Waals surface area contributed by atoms with Gasteiger partial charge in [0.15, 0.2) is 0 Å². The SMILES string of the molecule is CN(C(=O)c1csc(C=CC(=O)O)c1)c1ccccc1F. The summed E-state index contributed by atoms with van der Waals surface area (Å²) < 4.78 is 13.7. The Balaban J connectivity index is 2.21. The largest absolute Gasteiger partial charge is 0.478 e. The number of rotatable bonds is 4. The summed E-state index contributed by atoms with van der Waals surface area (Å²) >= 11 is 1.25. The van der Waals surface area contributed by atoms with E-state index in [2.05, 4.69) is 0 Å². The van der Waals surface area contributed by atoms with E-state index in [0.29, 0.717) is 10.4 Å². The minimum absolute atomic E-state index is 0.191. The van der Waals surface area contributed by atoms with Crippen molar-refractivity contribution < 1.29 is 19.1 Å². The van der Waals surface area contributed by atoms with Crippen LogP contribution in [0.2, 0.25) is 0 Å². The second kappa shape index (κ2) is 6.32. The maximum absolute atomic E-state index is 13.7. The lowest BCUT2D eigenvalue weighted by Crippen LogP contribution is -2.26. The minimum Gasteiger partial charge on any atom is -0.478 e. The van der Waals surface area contributed by atoms with Crippen molar-refractivity contribution in [1.29, 1.82) is 0 Å². The quantitative estimate of drug-likeness (QED) is 0.882. The van der Waals surface area contributed by atoms with E-state index in [1.807, 2.05) is 0 Å². The van der Waals surface area contributed by atoms with E-state index < -0.39 is 11.8 Å². The van der Waals surface area contributed by atoms with Gasteiger partial charge in [-0.3, -0.25) is 4.79 Å². The Morgan fingerprint density at radius 1 is 1.33 bits per heavy atom. The summed E-state index contributed by atoms with van der Waals surface area (Å²) in [5, 5.41) is 10.2. The predicted octanol–water partition coefficient (Wildman–Crippen LogP) is 3.26.